The fourth-order valence-electron chi connectivity index (χ4n) is 3.80. The van der Waals surface area contributed by atoms with Crippen molar-refractivity contribution in [1.82, 2.24) is 0 Å². The van der Waals surface area contributed by atoms with Crippen molar-refractivity contribution in [2.45, 2.75) is 44.9 Å². The van der Waals surface area contributed by atoms with Crippen molar-refractivity contribution in [3.05, 3.63) is 58.7 Å². The van der Waals surface area contributed by atoms with Crippen LogP contribution < -0.4 is 9.47 Å². The topological polar surface area (TPSA) is 18.5 Å². The van der Waals surface area contributed by atoms with Crippen molar-refractivity contribution in [2.75, 3.05) is 14.2 Å². The highest BCUT2D eigenvalue weighted by molar-refractivity contribution is 5.47. The fourth-order valence-corrected chi connectivity index (χ4v) is 3.80. The molecule has 2 aromatic rings. The summed E-state index contributed by atoms with van der Waals surface area (Å²) in [6.45, 7) is 4.60. The third-order valence-electron chi connectivity index (χ3n) is 5.28. The second-order valence-corrected chi connectivity index (χ2v) is 6.54. The highest BCUT2D eigenvalue weighted by atomic mass is 16.5. The van der Waals surface area contributed by atoms with Crippen LogP contribution in [0.2, 0.25) is 0 Å². The number of benzene rings is 2. The summed E-state index contributed by atoms with van der Waals surface area (Å²) in [5, 5.41) is 0. The summed E-state index contributed by atoms with van der Waals surface area (Å²) < 4.78 is 11.3. The van der Waals surface area contributed by atoms with Gasteiger partial charge >= 0.3 is 0 Å². The lowest BCUT2D eigenvalue weighted by atomic mass is 9.79. The minimum Gasteiger partial charge on any atom is -0.496 e. The van der Waals surface area contributed by atoms with Gasteiger partial charge in [-0.2, -0.15) is 0 Å². The third kappa shape index (κ3) is 2.95. The van der Waals surface area contributed by atoms with Crippen LogP contribution >= 0.6 is 0 Å². The molecule has 0 heterocycles. The molecule has 0 N–H and O–H groups in total. The van der Waals surface area contributed by atoms with Crippen molar-refractivity contribution >= 4 is 0 Å². The third-order valence-corrected chi connectivity index (χ3v) is 5.28. The molecular weight excluding hydrogens is 284 g/mol. The van der Waals surface area contributed by atoms with Crippen molar-refractivity contribution in [3.8, 4) is 11.5 Å². The molecule has 2 bridgehead atoms. The van der Waals surface area contributed by atoms with Crippen LogP contribution in [0.25, 0.3) is 0 Å². The van der Waals surface area contributed by atoms with E-state index in [0.29, 0.717) is 11.8 Å². The molecule has 23 heavy (non-hydrogen) atoms. The Kier molecular flexibility index (Phi) is 4.61. The van der Waals surface area contributed by atoms with E-state index in [-0.39, 0.29) is 0 Å². The van der Waals surface area contributed by atoms with Gasteiger partial charge in [0.2, 0.25) is 0 Å². The van der Waals surface area contributed by atoms with Gasteiger partial charge in [0.25, 0.3) is 0 Å². The Labute approximate surface area is 139 Å². The van der Waals surface area contributed by atoms with E-state index in [1.165, 1.54) is 22.3 Å². The summed E-state index contributed by atoms with van der Waals surface area (Å²) in [4.78, 5) is 0. The van der Waals surface area contributed by atoms with Gasteiger partial charge in [0.05, 0.1) is 14.2 Å². The molecule has 1 aliphatic rings. The standard InChI is InChI=1S/C21H26O2/c1-14-15(2)21-17(9-6-10-20(21)23-4)8-5-7-16-11-12-19(22-3)18(14)13-16/h6,9-15H,5,7-8H2,1-4H3. The van der Waals surface area contributed by atoms with Crippen LogP contribution in [0.5, 0.6) is 11.5 Å². The molecule has 122 valence electrons. The summed E-state index contributed by atoms with van der Waals surface area (Å²) in [6, 6.07) is 13.1. The summed E-state index contributed by atoms with van der Waals surface area (Å²) in [6.07, 6.45) is 3.37. The van der Waals surface area contributed by atoms with Gasteiger partial charge in [0, 0.05) is 5.56 Å². The number of methoxy groups -OCH3 is 2. The predicted molar refractivity (Wildman–Crippen MR) is 94.8 cm³/mol. The van der Waals surface area contributed by atoms with Gasteiger partial charge in [-0.05, 0) is 59.9 Å². The molecule has 0 spiro atoms. The first-order valence-electron chi connectivity index (χ1n) is 8.48. The zero-order chi connectivity index (χ0) is 16.4. The average Bonchev–Trinajstić information content (AvgIpc) is 2.59. The van der Waals surface area contributed by atoms with Crippen LogP contribution in [0.4, 0.5) is 0 Å². The zero-order valence-corrected chi connectivity index (χ0v) is 14.6. The molecular formula is C21H26O2. The molecule has 0 fully saturated rings. The van der Waals surface area contributed by atoms with Gasteiger partial charge in [0.1, 0.15) is 11.5 Å². The molecule has 0 aliphatic heterocycles. The van der Waals surface area contributed by atoms with Crippen LogP contribution in [-0.4, -0.2) is 14.2 Å². The Morgan fingerprint density at radius 1 is 0.870 bits per heavy atom. The molecule has 2 atom stereocenters. The average molecular weight is 310 g/mol. The summed E-state index contributed by atoms with van der Waals surface area (Å²) in [7, 11) is 3.53. The number of ether oxygens (including phenoxy) is 2. The molecule has 0 saturated carbocycles. The van der Waals surface area contributed by atoms with E-state index in [1.54, 1.807) is 14.2 Å². The van der Waals surface area contributed by atoms with E-state index in [1.807, 2.05) is 0 Å². The maximum atomic E-state index is 5.68. The minimum absolute atomic E-state index is 0.373. The van der Waals surface area contributed by atoms with Gasteiger partial charge in [-0.3, -0.25) is 0 Å². The number of hydrogen-bond donors (Lipinski definition) is 0. The second kappa shape index (κ2) is 6.66. The zero-order valence-electron chi connectivity index (χ0n) is 14.6. The fraction of sp³-hybridized carbons (Fsp3) is 0.429. The first-order valence-corrected chi connectivity index (χ1v) is 8.48. The van der Waals surface area contributed by atoms with Crippen LogP contribution in [-0.2, 0) is 12.8 Å². The Hall–Kier alpha value is -1.96. The van der Waals surface area contributed by atoms with Crippen LogP contribution in [0.3, 0.4) is 0 Å². The van der Waals surface area contributed by atoms with Crippen molar-refractivity contribution in [3.63, 3.8) is 0 Å². The minimum atomic E-state index is 0.373. The maximum absolute atomic E-state index is 5.68. The molecule has 0 saturated heterocycles. The van der Waals surface area contributed by atoms with Crippen molar-refractivity contribution in [2.24, 2.45) is 0 Å². The molecule has 0 radical (unpaired) electrons. The molecule has 3 rings (SSSR count). The van der Waals surface area contributed by atoms with Crippen LogP contribution in [0.15, 0.2) is 36.4 Å². The second-order valence-electron chi connectivity index (χ2n) is 6.54. The number of aryl methyl sites for hydroxylation is 2. The Morgan fingerprint density at radius 2 is 1.65 bits per heavy atom. The molecule has 0 amide bonds. The molecule has 2 nitrogen and oxygen atoms in total. The summed E-state index contributed by atoms with van der Waals surface area (Å²) >= 11 is 0. The summed E-state index contributed by atoms with van der Waals surface area (Å²) in [5.41, 5.74) is 5.49. The lowest BCUT2D eigenvalue weighted by Crippen LogP contribution is -2.12. The van der Waals surface area contributed by atoms with Gasteiger partial charge < -0.3 is 9.47 Å². The van der Waals surface area contributed by atoms with E-state index in [4.69, 9.17) is 9.47 Å². The first kappa shape index (κ1) is 15.9. The van der Waals surface area contributed by atoms with Crippen molar-refractivity contribution in [1.29, 1.82) is 0 Å². The van der Waals surface area contributed by atoms with Gasteiger partial charge in [-0.15, -0.1) is 0 Å². The first-order chi connectivity index (χ1) is 11.2. The number of rotatable bonds is 2. The van der Waals surface area contributed by atoms with Gasteiger partial charge in [-0.25, -0.2) is 0 Å². The normalized spacial score (nSPS) is 20.5. The lowest BCUT2D eigenvalue weighted by molar-refractivity contribution is 0.393. The molecule has 0 aromatic heterocycles. The lowest BCUT2D eigenvalue weighted by Gasteiger charge is -2.28. The van der Waals surface area contributed by atoms with Crippen molar-refractivity contribution < 1.29 is 9.47 Å². The van der Waals surface area contributed by atoms with E-state index >= 15 is 0 Å². The highest BCUT2D eigenvalue weighted by Gasteiger charge is 2.25. The van der Waals surface area contributed by atoms with E-state index in [2.05, 4.69) is 50.2 Å². The molecule has 2 heteroatoms. The number of fused-ring (bicyclic) bond motifs is 3. The van der Waals surface area contributed by atoms with E-state index in [0.717, 1.165) is 30.8 Å². The summed E-state index contributed by atoms with van der Waals surface area (Å²) in [5.74, 6) is 2.75. The Balaban J connectivity index is 2.14. The molecule has 2 aromatic carbocycles. The maximum Gasteiger partial charge on any atom is 0.122 e. The molecule has 2 unspecified atom stereocenters. The Bertz CT molecular complexity index is 690. The van der Waals surface area contributed by atoms with E-state index in [9.17, 15) is 0 Å². The predicted octanol–water partition coefficient (Wildman–Crippen LogP) is 5.10. The molecule has 1 aliphatic carbocycles. The Morgan fingerprint density at radius 3 is 2.39 bits per heavy atom. The SMILES string of the molecule is COc1ccc2cc1C(C)C(C)c1c(cccc1OC)CCC2. The van der Waals surface area contributed by atoms with Crippen LogP contribution in [0.1, 0.15) is 54.4 Å². The van der Waals surface area contributed by atoms with Crippen LogP contribution in [0, 0.1) is 0 Å². The smallest absolute Gasteiger partial charge is 0.122 e. The van der Waals surface area contributed by atoms with Gasteiger partial charge in [-0.1, -0.05) is 38.1 Å². The monoisotopic (exact) mass is 310 g/mol. The van der Waals surface area contributed by atoms with Gasteiger partial charge in [0.15, 0.2) is 0 Å². The largest absolute Gasteiger partial charge is 0.496 e. The highest BCUT2D eigenvalue weighted by Crippen LogP contribution is 2.43. The van der Waals surface area contributed by atoms with E-state index < -0.39 is 0 Å². The number of hydrogen-bond acceptors (Lipinski definition) is 2. The quantitative estimate of drug-likeness (QED) is 0.768.